The molecular formula is C6H9NO2. The quantitative estimate of drug-likeness (QED) is 0.590. The van der Waals surface area contributed by atoms with Gasteiger partial charge in [-0.15, -0.1) is 0 Å². The fourth-order valence-corrected chi connectivity index (χ4v) is 0.661. The molecule has 0 aromatic carbocycles. The van der Waals surface area contributed by atoms with Crippen LogP contribution >= 0.6 is 0 Å². The highest BCUT2D eigenvalue weighted by Gasteiger charge is 1.89. The van der Waals surface area contributed by atoms with E-state index in [1.807, 2.05) is 6.92 Å². The fraction of sp³-hybridized carbons (Fsp3) is 0.500. The molecule has 1 aromatic heterocycles. The van der Waals surface area contributed by atoms with Crippen LogP contribution in [0.3, 0.4) is 0 Å². The van der Waals surface area contributed by atoms with Gasteiger partial charge in [0.1, 0.15) is 0 Å². The first kappa shape index (κ1) is 6.13. The molecular weight excluding hydrogens is 118 g/mol. The lowest BCUT2D eigenvalue weighted by molar-refractivity contribution is 0.250. The van der Waals surface area contributed by atoms with Crippen LogP contribution in [-0.4, -0.2) is 4.74 Å². The lowest BCUT2D eigenvalue weighted by atomic mass is 10.5. The molecule has 0 saturated heterocycles. The second kappa shape index (κ2) is 2.53. The number of hydrogen-bond donors (Lipinski definition) is 0. The molecule has 1 heterocycles. The first-order valence-corrected chi connectivity index (χ1v) is 2.99. The van der Waals surface area contributed by atoms with E-state index in [2.05, 4.69) is 4.52 Å². The van der Waals surface area contributed by atoms with Crippen molar-refractivity contribution in [1.29, 1.82) is 0 Å². The summed E-state index contributed by atoms with van der Waals surface area (Å²) in [7, 11) is 0. The molecule has 0 aliphatic carbocycles. The summed E-state index contributed by atoms with van der Waals surface area (Å²) < 4.78 is 6.22. The standard InChI is InChI=1S/C6H9NO2/c1-2-4-7-5-3-6(8)9-7/h3,5H,2,4H2,1H3. The molecule has 0 unspecified atom stereocenters. The minimum atomic E-state index is -0.275. The summed E-state index contributed by atoms with van der Waals surface area (Å²) >= 11 is 0. The van der Waals surface area contributed by atoms with Crippen LogP contribution in [0.2, 0.25) is 0 Å². The van der Waals surface area contributed by atoms with Crippen molar-refractivity contribution in [3.8, 4) is 0 Å². The highest BCUT2D eigenvalue weighted by molar-refractivity contribution is 4.74. The van der Waals surface area contributed by atoms with Crippen LogP contribution in [0.5, 0.6) is 0 Å². The Labute approximate surface area is 52.9 Å². The van der Waals surface area contributed by atoms with E-state index in [4.69, 9.17) is 0 Å². The average molecular weight is 127 g/mol. The zero-order valence-corrected chi connectivity index (χ0v) is 5.33. The fourth-order valence-electron chi connectivity index (χ4n) is 0.661. The summed E-state index contributed by atoms with van der Waals surface area (Å²) in [5.74, 6) is 0. The van der Waals surface area contributed by atoms with E-state index in [0.717, 1.165) is 13.0 Å². The van der Waals surface area contributed by atoms with Gasteiger partial charge in [0.05, 0.1) is 6.54 Å². The predicted molar refractivity (Wildman–Crippen MR) is 33.3 cm³/mol. The minimum Gasteiger partial charge on any atom is -0.337 e. The molecule has 0 radical (unpaired) electrons. The molecule has 0 amide bonds. The van der Waals surface area contributed by atoms with E-state index in [0.29, 0.717) is 0 Å². The van der Waals surface area contributed by atoms with Crippen LogP contribution in [0.1, 0.15) is 13.3 Å². The average Bonchev–Trinajstić information content (AvgIpc) is 2.17. The molecule has 3 heteroatoms. The lowest BCUT2D eigenvalue weighted by Crippen LogP contribution is -1.95. The van der Waals surface area contributed by atoms with Gasteiger partial charge in [0.25, 0.3) is 0 Å². The van der Waals surface area contributed by atoms with Crippen molar-refractivity contribution in [3.63, 3.8) is 0 Å². The zero-order chi connectivity index (χ0) is 6.69. The number of aromatic nitrogens is 1. The Morgan fingerprint density at radius 1 is 1.78 bits per heavy atom. The Balaban J connectivity index is 2.73. The summed E-state index contributed by atoms with van der Waals surface area (Å²) in [4.78, 5) is 10.4. The molecule has 1 aromatic rings. The van der Waals surface area contributed by atoms with Gasteiger partial charge in [0, 0.05) is 12.3 Å². The van der Waals surface area contributed by atoms with Crippen molar-refractivity contribution < 1.29 is 4.52 Å². The van der Waals surface area contributed by atoms with Crippen molar-refractivity contribution in [2.24, 2.45) is 0 Å². The van der Waals surface area contributed by atoms with E-state index in [9.17, 15) is 4.79 Å². The molecule has 0 spiro atoms. The van der Waals surface area contributed by atoms with Gasteiger partial charge in [0.2, 0.25) is 0 Å². The molecule has 0 fully saturated rings. The normalized spacial score (nSPS) is 9.89. The Hall–Kier alpha value is -0.990. The molecule has 0 bridgehead atoms. The maximum atomic E-state index is 10.4. The summed E-state index contributed by atoms with van der Waals surface area (Å²) in [5, 5.41) is 0. The van der Waals surface area contributed by atoms with Crippen LogP contribution in [0.25, 0.3) is 0 Å². The molecule has 0 aliphatic rings. The van der Waals surface area contributed by atoms with Gasteiger partial charge < -0.3 is 4.52 Å². The van der Waals surface area contributed by atoms with Crippen molar-refractivity contribution in [3.05, 3.63) is 22.7 Å². The number of nitrogens with zero attached hydrogens (tertiary/aromatic N) is 1. The Morgan fingerprint density at radius 3 is 3.00 bits per heavy atom. The molecule has 50 valence electrons. The van der Waals surface area contributed by atoms with Crippen molar-refractivity contribution in [2.75, 3.05) is 0 Å². The van der Waals surface area contributed by atoms with Gasteiger partial charge in [-0.25, -0.2) is 9.53 Å². The van der Waals surface area contributed by atoms with Gasteiger partial charge in [-0.1, -0.05) is 6.92 Å². The topological polar surface area (TPSA) is 35.1 Å². The van der Waals surface area contributed by atoms with E-state index in [-0.39, 0.29) is 5.63 Å². The Kier molecular flexibility index (Phi) is 1.72. The van der Waals surface area contributed by atoms with Crippen LogP contribution in [0.15, 0.2) is 21.6 Å². The van der Waals surface area contributed by atoms with E-state index in [1.165, 1.54) is 10.8 Å². The molecule has 1 rings (SSSR count). The smallest absolute Gasteiger partial charge is 0.337 e. The van der Waals surface area contributed by atoms with Crippen LogP contribution < -0.4 is 5.63 Å². The number of aryl methyl sites for hydroxylation is 1. The molecule has 0 N–H and O–H groups in total. The predicted octanol–water partition coefficient (Wildman–Crippen LogP) is 0.851. The first-order chi connectivity index (χ1) is 4.33. The maximum absolute atomic E-state index is 10.4. The van der Waals surface area contributed by atoms with E-state index < -0.39 is 0 Å². The molecule has 3 nitrogen and oxygen atoms in total. The lowest BCUT2D eigenvalue weighted by Gasteiger charge is -1.92. The zero-order valence-electron chi connectivity index (χ0n) is 5.33. The molecule has 0 atom stereocenters. The Morgan fingerprint density at radius 2 is 2.56 bits per heavy atom. The van der Waals surface area contributed by atoms with Gasteiger partial charge in [0.15, 0.2) is 0 Å². The van der Waals surface area contributed by atoms with Crippen molar-refractivity contribution in [1.82, 2.24) is 4.74 Å². The summed E-state index contributed by atoms with van der Waals surface area (Å²) in [6, 6.07) is 1.41. The van der Waals surface area contributed by atoms with Gasteiger partial charge >= 0.3 is 5.63 Å². The first-order valence-electron chi connectivity index (χ1n) is 2.99. The highest BCUT2D eigenvalue weighted by Crippen LogP contribution is 1.86. The minimum absolute atomic E-state index is 0.275. The van der Waals surface area contributed by atoms with Crippen LogP contribution in [-0.2, 0) is 6.54 Å². The summed E-state index contributed by atoms with van der Waals surface area (Å²) in [6.07, 6.45) is 2.63. The van der Waals surface area contributed by atoms with Crippen LogP contribution in [0, 0.1) is 0 Å². The number of rotatable bonds is 2. The van der Waals surface area contributed by atoms with Gasteiger partial charge in [-0.2, -0.15) is 0 Å². The van der Waals surface area contributed by atoms with Crippen LogP contribution in [0.4, 0.5) is 0 Å². The van der Waals surface area contributed by atoms with Crippen molar-refractivity contribution >= 4 is 0 Å². The molecule has 0 aliphatic heterocycles. The second-order valence-corrected chi connectivity index (χ2v) is 1.87. The second-order valence-electron chi connectivity index (χ2n) is 1.87. The highest BCUT2D eigenvalue weighted by atomic mass is 16.5. The largest absolute Gasteiger partial charge is 0.357 e. The maximum Gasteiger partial charge on any atom is 0.357 e. The Bertz CT molecular complexity index is 223. The monoisotopic (exact) mass is 127 g/mol. The summed E-state index contributed by atoms with van der Waals surface area (Å²) in [5.41, 5.74) is -0.275. The third-order valence-corrected chi connectivity index (χ3v) is 1.03. The third kappa shape index (κ3) is 1.45. The van der Waals surface area contributed by atoms with Gasteiger partial charge in [-0.05, 0) is 6.42 Å². The molecule has 9 heavy (non-hydrogen) atoms. The van der Waals surface area contributed by atoms with Gasteiger partial charge in [-0.3, -0.25) is 0 Å². The third-order valence-electron chi connectivity index (χ3n) is 1.03. The van der Waals surface area contributed by atoms with E-state index >= 15 is 0 Å². The molecule has 0 saturated carbocycles. The van der Waals surface area contributed by atoms with Crippen molar-refractivity contribution in [2.45, 2.75) is 19.9 Å². The number of hydrogen-bond acceptors (Lipinski definition) is 2. The van der Waals surface area contributed by atoms with E-state index in [1.54, 1.807) is 6.20 Å². The summed E-state index contributed by atoms with van der Waals surface area (Å²) in [6.45, 7) is 2.81. The SMILES string of the molecule is CCCn1ccc(=O)o1.